The van der Waals surface area contributed by atoms with Crippen molar-refractivity contribution in [3.63, 3.8) is 0 Å². The molecule has 8 nitrogen and oxygen atoms in total. The number of H-pyrrole nitrogens is 1. The first-order chi connectivity index (χ1) is 18.7. The van der Waals surface area contributed by atoms with Crippen LogP contribution in [0.4, 0.5) is 26.3 Å². The first kappa shape index (κ1) is 29.6. The smallest absolute Gasteiger partial charge is 0.416 e. The molecule has 1 unspecified atom stereocenters. The molecule has 0 amide bonds. The van der Waals surface area contributed by atoms with Crippen molar-refractivity contribution in [2.24, 2.45) is 5.92 Å². The Bertz CT molecular complexity index is 1300. The predicted octanol–water partition coefficient (Wildman–Crippen LogP) is 4.51. The van der Waals surface area contributed by atoms with E-state index < -0.39 is 52.3 Å². The van der Waals surface area contributed by atoms with Gasteiger partial charge in [0.1, 0.15) is 6.33 Å². The zero-order chi connectivity index (χ0) is 29.3. The molecule has 1 aromatic heterocycles. The maximum absolute atomic E-state index is 13.4. The molecular weight excluding hydrogens is 546 g/mol. The van der Waals surface area contributed by atoms with E-state index in [2.05, 4.69) is 15.5 Å². The summed E-state index contributed by atoms with van der Waals surface area (Å²) in [7, 11) is 1.20. The van der Waals surface area contributed by atoms with Crippen LogP contribution in [-0.4, -0.2) is 46.5 Å². The molecule has 218 valence electrons. The standard InChI is InChI=1S/C26H28F6N4O4/c1-16(17-10-19(25(27,28)29)12-20(11-17)26(30,31)32)40-14-23(18-6-4-3-5-7-18)8-9-24(13-33-23,21(37)39-2)36-15-34-35-22(36)38/h3-6,10-12,15-16,18,33H,7-9,13-14H2,1-2H3,(H,35,38)/t16-,18?,23-,24+/m1/s1. The van der Waals surface area contributed by atoms with Crippen molar-refractivity contribution in [2.75, 3.05) is 20.3 Å². The number of allylic oxidation sites excluding steroid dienone is 3. The lowest BCUT2D eigenvalue weighted by molar-refractivity contribution is -0.155. The molecule has 0 spiro atoms. The average Bonchev–Trinajstić information content (AvgIpc) is 3.37. The van der Waals surface area contributed by atoms with Gasteiger partial charge in [0.25, 0.3) is 0 Å². The third-order valence-corrected chi connectivity index (χ3v) is 7.66. The second-order valence-electron chi connectivity index (χ2n) is 10.0. The van der Waals surface area contributed by atoms with Gasteiger partial charge in [-0.25, -0.2) is 14.7 Å². The van der Waals surface area contributed by atoms with Gasteiger partial charge in [0.2, 0.25) is 0 Å². The van der Waals surface area contributed by atoms with Crippen molar-refractivity contribution in [3.05, 3.63) is 76.0 Å². The number of halogens is 6. The zero-order valence-corrected chi connectivity index (χ0v) is 21.6. The number of nitrogens with one attached hydrogen (secondary N) is 2. The number of carbonyl (C=O) groups excluding carboxylic acids is 1. The van der Waals surface area contributed by atoms with Crippen molar-refractivity contribution in [1.82, 2.24) is 20.1 Å². The number of carbonyl (C=O) groups is 1. The van der Waals surface area contributed by atoms with E-state index in [0.29, 0.717) is 18.6 Å². The fraction of sp³-hybridized carbons (Fsp3) is 0.500. The summed E-state index contributed by atoms with van der Waals surface area (Å²) in [5.74, 6) is -0.859. The van der Waals surface area contributed by atoms with E-state index in [9.17, 15) is 35.9 Å². The highest BCUT2D eigenvalue weighted by atomic mass is 19.4. The number of aromatic amines is 1. The van der Waals surface area contributed by atoms with Crippen molar-refractivity contribution in [1.29, 1.82) is 0 Å². The average molecular weight is 575 g/mol. The summed E-state index contributed by atoms with van der Waals surface area (Å²) < 4.78 is 92.5. The lowest BCUT2D eigenvalue weighted by atomic mass is 9.71. The van der Waals surface area contributed by atoms with Crippen LogP contribution in [0.1, 0.15) is 49.0 Å². The number of methoxy groups -OCH3 is 1. The van der Waals surface area contributed by atoms with Gasteiger partial charge >= 0.3 is 24.0 Å². The van der Waals surface area contributed by atoms with Gasteiger partial charge in [0.15, 0.2) is 5.54 Å². The van der Waals surface area contributed by atoms with Gasteiger partial charge in [-0.3, -0.25) is 4.57 Å². The minimum absolute atomic E-state index is 0.0628. The number of nitrogens with zero attached hydrogens (tertiary/aromatic N) is 2. The van der Waals surface area contributed by atoms with Crippen LogP contribution in [0.25, 0.3) is 0 Å². The highest BCUT2D eigenvalue weighted by Gasteiger charge is 2.52. The van der Waals surface area contributed by atoms with E-state index in [1.807, 2.05) is 24.3 Å². The summed E-state index contributed by atoms with van der Waals surface area (Å²) in [5.41, 5.74) is -6.03. The Balaban J connectivity index is 1.63. The number of hydrogen-bond acceptors (Lipinski definition) is 6. The summed E-state index contributed by atoms with van der Waals surface area (Å²) >= 11 is 0. The molecule has 0 bridgehead atoms. The Hall–Kier alpha value is -3.39. The summed E-state index contributed by atoms with van der Waals surface area (Å²) in [5, 5.41) is 9.30. The van der Waals surface area contributed by atoms with Gasteiger partial charge in [-0.1, -0.05) is 24.3 Å². The van der Waals surface area contributed by atoms with Crippen LogP contribution >= 0.6 is 0 Å². The highest BCUT2D eigenvalue weighted by molar-refractivity contribution is 5.79. The number of esters is 1. The van der Waals surface area contributed by atoms with Crippen LogP contribution in [0.15, 0.2) is 53.6 Å². The molecule has 1 saturated heterocycles. The molecule has 4 atom stereocenters. The first-order valence-electron chi connectivity index (χ1n) is 12.4. The monoisotopic (exact) mass is 574 g/mol. The quantitative estimate of drug-likeness (QED) is 0.373. The Kier molecular flexibility index (Phi) is 8.05. The highest BCUT2D eigenvalue weighted by Crippen LogP contribution is 2.41. The van der Waals surface area contributed by atoms with Crippen molar-refractivity contribution in [2.45, 2.75) is 55.7 Å². The van der Waals surface area contributed by atoms with Gasteiger partial charge in [-0.05, 0) is 49.9 Å². The van der Waals surface area contributed by atoms with E-state index in [1.54, 1.807) is 0 Å². The number of rotatable bonds is 7. The fourth-order valence-electron chi connectivity index (χ4n) is 5.27. The molecule has 1 aliphatic heterocycles. The molecule has 14 heteroatoms. The number of benzene rings is 1. The second-order valence-corrected chi connectivity index (χ2v) is 10.0. The molecule has 2 N–H and O–H groups in total. The summed E-state index contributed by atoms with van der Waals surface area (Å²) in [6.45, 7) is 1.21. The Morgan fingerprint density at radius 3 is 2.27 bits per heavy atom. The molecule has 0 saturated carbocycles. The molecular formula is C26H28F6N4O4. The largest absolute Gasteiger partial charge is 0.467 e. The number of piperidine rings is 1. The van der Waals surface area contributed by atoms with E-state index >= 15 is 0 Å². The molecule has 2 heterocycles. The Morgan fingerprint density at radius 1 is 1.12 bits per heavy atom. The lowest BCUT2D eigenvalue weighted by Gasteiger charge is -2.49. The molecule has 1 aliphatic carbocycles. The van der Waals surface area contributed by atoms with Gasteiger partial charge < -0.3 is 14.8 Å². The molecule has 40 heavy (non-hydrogen) atoms. The molecule has 4 rings (SSSR count). The number of ether oxygens (including phenoxy) is 2. The SMILES string of the molecule is COC(=O)[C@]1(n2cn[nH]c2=O)CC[C@@](CO[C@H](C)c2cc(C(F)(F)F)cc(C(F)(F)F)c2)(C2C=CC=CC2)NC1. The minimum atomic E-state index is -4.98. The van der Waals surface area contributed by atoms with E-state index in [1.165, 1.54) is 20.4 Å². The molecule has 2 aliphatic rings. The molecule has 0 radical (unpaired) electrons. The van der Waals surface area contributed by atoms with Crippen LogP contribution < -0.4 is 11.0 Å². The normalized spacial score (nSPS) is 26.1. The molecule has 2 aromatic rings. The minimum Gasteiger partial charge on any atom is -0.467 e. The summed E-state index contributed by atoms with van der Waals surface area (Å²) in [6, 6.07) is 1.37. The predicted molar refractivity (Wildman–Crippen MR) is 130 cm³/mol. The number of hydrogen-bond donors (Lipinski definition) is 2. The van der Waals surface area contributed by atoms with Crippen LogP contribution in [-0.2, 0) is 32.2 Å². The maximum atomic E-state index is 13.4. The van der Waals surface area contributed by atoms with Crippen molar-refractivity contribution in [3.8, 4) is 0 Å². The topological polar surface area (TPSA) is 98.2 Å². The van der Waals surface area contributed by atoms with Crippen LogP contribution in [0.3, 0.4) is 0 Å². The van der Waals surface area contributed by atoms with E-state index in [0.717, 1.165) is 4.57 Å². The molecule has 1 fully saturated rings. The van der Waals surface area contributed by atoms with Gasteiger partial charge in [0, 0.05) is 18.0 Å². The van der Waals surface area contributed by atoms with Crippen LogP contribution in [0, 0.1) is 5.92 Å². The second kappa shape index (κ2) is 10.9. The van der Waals surface area contributed by atoms with Gasteiger partial charge in [0.05, 0.1) is 30.9 Å². The lowest BCUT2D eigenvalue weighted by Crippen LogP contribution is -2.66. The van der Waals surface area contributed by atoms with E-state index in [-0.39, 0.29) is 43.5 Å². The first-order valence-corrected chi connectivity index (χ1v) is 12.4. The fourth-order valence-corrected chi connectivity index (χ4v) is 5.27. The Morgan fingerprint density at radius 2 is 1.80 bits per heavy atom. The third-order valence-electron chi connectivity index (χ3n) is 7.66. The number of alkyl halides is 6. The summed E-state index contributed by atoms with van der Waals surface area (Å²) in [4.78, 5) is 25.3. The zero-order valence-electron chi connectivity index (χ0n) is 21.6. The third kappa shape index (κ3) is 5.73. The van der Waals surface area contributed by atoms with Gasteiger partial charge in [-0.2, -0.15) is 31.4 Å². The maximum Gasteiger partial charge on any atom is 0.416 e. The van der Waals surface area contributed by atoms with Crippen molar-refractivity contribution < 1.29 is 40.6 Å². The summed E-state index contributed by atoms with van der Waals surface area (Å²) in [6.07, 6.45) is -1.44. The van der Waals surface area contributed by atoms with Crippen molar-refractivity contribution >= 4 is 5.97 Å². The van der Waals surface area contributed by atoms with Gasteiger partial charge in [-0.15, -0.1) is 0 Å². The van der Waals surface area contributed by atoms with E-state index in [4.69, 9.17) is 9.47 Å². The van der Waals surface area contributed by atoms with Crippen LogP contribution in [0.5, 0.6) is 0 Å². The Labute approximate surface area is 225 Å². The van der Waals surface area contributed by atoms with Crippen LogP contribution in [0.2, 0.25) is 0 Å². The molecule has 1 aromatic carbocycles. The number of aromatic nitrogens is 3.